The van der Waals surface area contributed by atoms with E-state index < -0.39 is 5.91 Å². The number of anilines is 1. The Hall–Kier alpha value is -3.63. The highest BCUT2D eigenvalue weighted by Crippen LogP contribution is 2.32. The Kier molecular flexibility index (Phi) is 8.07. The summed E-state index contributed by atoms with van der Waals surface area (Å²) in [6.45, 7) is 6.24. The van der Waals surface area contributed by atoms with Crippen LogP contribution in [0.3, 0.4) is 0 Å². The SMILES string of the molecule is CCn1ccc(NC(=O)c2cc(Oc3nc(C(=O)N4CCC4)ccc3Cl)cc(O[C@@H](C)COC)c2)n1. The summed E-state index contributed by atoms with van der Waals surface area (Å²) in [7, 11) is 1.58. The van der Waals surface area contributed by atoms with Crippen molar-refractivity contribution in [1.29, 1.82) is 0 Å². The van der Waals surface area contributed by atoms with Crippen LogP contribution < -0.4 is 14.8 Å². The molecule has 1 saturated heterocycles. The van der Waals surface area contributed by atoms with E-state index >= 15 is 0 Å². The first-order valence-electron chi connectivity index (χ1n) is 11.7. The van der Waals surface area contributed by atoms with Gasteiger partial charge in [0.25, 0.3) is 11.8 Å². The van der Waals surface area contributed by atoms with E-state index in [2.05, 4.69) is 15.4 Å². The number of nitrogens with one attached hydrogen (secondary N) is 1. The van der Waals surface area contributed by atoms with Gasteiger partial charge >= 0.3 is 0 Å². The molecule has 1 aliphatic rings. The van der Waals surface area contributed by atoms with E-state index in [0.717, 1.165) is 6.42 Å². The molecule has 0 bridgehead atoms. The fourth-order valence-electron chi connectivity index (χ4n) is 3.53. The zero-order valence-electron chi connectivity index (χ0n) is 20.4. The molecule has 0 saturated carbocycles. The minimum Gasteiger partial charge on any atom is -0.488 e. The molecular weight excluding hydrogens is 486 g/mol. The molecule has 1 N–H and O–H groups in total. The molecule has 2 amide bonds. The van der Waals surface area contributed by atoms with Crippen molar-refractivity contribution < 1.29 is 23.8 Å². The average Bonchev–Trinajstić information content (AvgIpc) is 3.27. The summed E-state index contributed by atoms with van der Waals surface area (Å²) in [5.74, 6) is 0.560. The quantitative estimate of drug-likeness (QED) is 0.431. The first-order chi connectivity index (χ1) is 17.4. The van der Waals surface area contributed by atoms with Gasteiger partial charge in [-0.2, -0.15) is 5.10 Å². The van der Waals surface area contributed by atoms with Crippen LogP contribution in [0, 0.1) is 0 Å². The van der Waals surface area contributed by atoms with Crippen LogP contribution in [-0.2, 0) is 11.3 Å². The van der Waals surface area contributed by atoms with Gasteiger partial charge < -0.3 is 24.4 Å². The Morgan fingerprint density at radius 1 is 1.17 bits per heavy atom. The number of nitrogens with zero attached hydrogens (tertiary/aromatic N) is 4. The van der Waals surface area contributed by atoms with Crippen molar-refractivity contribution in [3.63, 3.8) is 0 Å². The monoisotopic (exact) mass is 513 g/mol. The zero-order chi connectivity index (χ0) is 25.7. The number of ether oxygens (including phenoxy) is 3. The lowest BCUT2D eigenvalue weighted by Gasteiger charge is -2.30. The second-order valence-corrected chi connectivity index (χ2v) is 8.73. The van der Waals surface area contributed by atoms with Crippen molar-refractivity contribution in [2.75, 3.05) is 32.1 Å². The number of carbonyl (C=O) groups is 2. The van der Waals surface area contributed by atoms with Crippen molar-refractivity contribution in [1.82, 2.24) is 19.7 Å². The van der Waals surface area contributed by atoms with Crippen molar-refractivity contribution in [2.24, 2.45) is 0 Å². The Bertz CT molecular complexity index is 1240. The highest BCUT2D eigenvalue weighted by molar-refractivity contribution is 6.31. The fraction of sp³-hybridized carbons (Fsp3) is 0.360. The Morgan fingerprint density at radius 3 is 2.61 bits per heavy atom. The fourth-order valence-corrected chi connectivity index (χ4v) is 3.67. The number of aryl methyl sites for hydroxylation is 1. The maximum absolute atomic E-state index is 13.0. The molecule has 0 spiro atoms. The molecule has 11 heteroatoms. The predicted molar refractivity (Wildman–Crippen MR) is 134 cm³/mol. The third-order valence-corrected chi connectivity index (χ3v) is 5.77. The molecule has 1 aromatic carbocycles. The summed E-state index contributed by atoms with van der Waals surface area (Å²) >= 11 is 6.32. The minimum atomic E-state index is -0.396. The number of carbonyl (C=O) groups excluding carboxylic acids is 2. The van der Waals surface area contributed by atoms with Gasteiger partial charge in [0, 0.05) is 50.6 Å². The van der Waals surface area contributed by atoms with Gasteiger partial charge in [-0.3, -0.25) is 14.3 Å². The van der Waals surface area contributed by atoms with Gasteiger partial charge in [-0.15, -0.1) is 0 Å². The first-order valence-corrected chi connectivity index (χ1v) is 12.0. The van der Waals surface area contributed by atoms with E-state index in [0.29, 0.717) is 37.8 Å². The van der Waals surface area contributed by atoms with Gasteiger partial charge in [0.1, 0.15) is 28.3 Å². The van der Waals surface area contributed by atoms with Crippen LogP contribution in [0.25, 0.3) is 0 Å². The molecule has 1 aliphatic heterocycles. The lowest BCUT2D eigenvalue weighted by Crippen LogP contribution is -2.42. The number of hydrogen-bond acceptors (Lipinski definition) is 7. The molecule has 0 unspecified atom stereocenters. The second-order valence-electron chi connectivity index (χ2n) is 8.32. The number of aromatic nitrogens is 3. The van der Waals surface area contributed by atoms with Crippen molar-refractivity contribution >= 4 is 29.2 Å². The number of methoxy groups -OCH3 is 1. The van der Waals surface area contributed by atoms with Crippen LogP contribution in [0.15, 0.2) is 42.6 Å². The maximum Gasteiger partial charge on any atom is 0.272 e. The molecule has 1 fully saturated rings. The largest absolute Gasteiger partial charge is 0.488 e. The number of likely N-dealkylation sites (tertiary alicyclic amines) is 1. The van der Waals surface area contributed by atoms with Crippen LogP contribution in [0.1, 0.15) is 41.1 Å². The lowest BCUT2D eigenvalue weighted by molar-refractivity contribution is 0.0644. The molecule has 3 heterocycles. The highest BCUT2D eigenvalue weighted by atomic mass is 35.5. The van der Waals surface area contributed by atoms with Gasteiger partial charge in [0.15, 0.2) is 5.82 Å². The van der Waals surface area contributed by atoms with Crippen molar-refractivity contribution in [3.8, 4) is 17.4 Å². The number of pyridine rings is 1. The van der Waals surface area contributed by atoms with Crippen LogP contribution >= 0.6 is 11.6 Å². The summed E-state index contributed by atoms with van der Waals surface area (Å²) in [6.07, 6.45) is 2.47. The molecule has 0 radical (unpaired) electrons. The normalized spacial score (nSPS) is 13.6. The van der Waals surface area contributed by atoms with Crippen LogP contribution in [0.5, 0.6) is 17.4 Å². The lowest BCUT2D eigenvalue weighted by atomic mass is 10.2. The molecule has 0 aliphatic carbocycles. The molecular formula is C25H28ClN5O5. The summed E-state index contributed by atoms with van der Waals surface area (Å²) in [6, 6.07) is 9.61. The van der Waals surface area contributed by atoms with Gasteiger partial charge in [-0.1, -0.05) is 11.6 Å². The molecule has 36 heavy (non-hydrogen) atoms. The molecule has 4 rings (SSSR count). The topological polar surface area (TPSA) is 108 Å². The Balaban J connectivity index is 1.61. The Labute approximate surface area is 214 Å². The first kappa shape index (κ1) is 25.5. The third kappa shape index (κ3) is 6.13. The predicted octanol–water partition coefficient (Wildman–Crippen LogP) is 4.26. The molecule has 190 valence electrons. The van der Waals surface area contributed by atoms with Crippen LogP contribution in [0.2, 0.25) is 5.02 Å². The van der Waals surface area contributed by atoms with E-state index in [4.69, 9.17) is 25.8 Å². The van der Waals surface area contributed by atoms with E-state index in [1.54, 1.807) is 59.3 Å². The average molecular weight is 514 g/mol. The summed E-state index contributed by atoms with van der Waals surface area (Å²) in [5.41, 5.74) is 0.516. The smallest absolute Gasteiger partial charge is 0.272 e. The van der Waals surface area contributed by atoms with E-state index in [9.17, 15) is 9.59 Å². The zero-order valence-corrected chi connectivity index (χ0v) is 21.1. The number of amides is 2. The number of hydrogen-bond donors (Lipinski definition) is 1. The van der Waals surface area contributed by atoms with Crippen molar-refractivity contribution in [3.05, 3.63) is 58.9 Å². The van der Waals surface area contributed by atoms with E-state index in [1.165, 1.54) is 0 Å². The van der Waals surface area contributed by atoms with Crippen LogP contribution in [-0.4, -0.2) is 64.4 Å². The standard InChI is InChI=1S/C25H28ClN5O5/c1-4-31-11-8-22(29-31)28-23(32)17-12-18(35-16(2)15-34-3)14-19(13-17)36-24-20(26)6-7-21(27-24)25(33)30-9-5-10-30/h6-8,11-14,16H,4-5,9-10,15H2,1-3H3,(H,28,29,32)/t16-/m0/s1. The van der Waals surface area contributed by atoms with Gasteiger partial charge in [0.2, 0.25) is 5.88 Å². The Morgan fingerprint density at radius 2 is 1.94 bits per heavy atom. The van der Waals surface area contributed by atoms with Gasteiger partial charge in [0.05, 0.1) is 6.61 Å². The van der Waals surface area contributed by atoms with E-state index in [-0.39, 0.29) is 39.9 Å². The molecule has 10 nitrogen and oxygen atoms in total. The maximum atomic E-state index is 13.0. The molecule has 2 aromatic heterocycles. The number of rotatable bonds is 10. The number of benzene rings is 1. The van der Waals surface area contributed by atoms with Crippen molar-refractivity contribution in [2.45, 2.75) is 32.9 Å². The van der Waals surface area contributed by atoms with Gasteiger partial charge in [-0.25, -0.2) is 4.98 Å². The van der Waals surface area contributed by atoms with Gasteiger partial charge in [-0.05, 0) is 44.5 Å². The third-order valence-electron chi connectivity index (χ3n) is 5.48. The van der Waals surface area contributed by atoms with Crippen LogP contribution in [0.4, 0.5) is 5.82 Å². The van der Waals surface area contributed by atoms with E-state index in [1.807, 2.05) is 13.8 Å². The highest BCUT2D eigenvalue weighted by Gasteiger charge is 2.24. The number of halogens is 1. The molecule has 1 atom stereocenters. The summed E-state index contributed by atoms with van der Waals surface area (Å²) < 4.78 is 18.7. The second kappa shape index (κ2) is 11.4. The summed E-state index contributed by atoms with van der Waals surface area (Å²) in [4.78, 5) is 31.6. The minimum absolute atomic E-state index is 0.0539. The summed E-state index contributed by atoms with van der Waals surface area (Å²) in [5, 5.41) is 7.28. The molecule has 3 aromatic rings.